The van der Waals surface area contributed by atoms with Gasteiger partial charge in [0.1, 0.15) is 0 Å². The third-order valence-electron chi connectivity index (χ3n) is 5.34. The first-order chi connectivity index (χ1) is 15.8. The maximum absolute atomic E-state index is 13.1. The average Bonchev–Trinajstić information content (AvgIpc) is 2.80. The molecular weight excluding hydrogens is 433 g/mol. The van der Waals surface area contributed by atoms with Gasteiger partial charge in [-0.05, 0) is 49.4 Å². The van der Waals surface area contributed by atoms with Crippen LogP contribution in [0.5, 0.6) is 5.75 Å². The molecule has 2 aromatic rings. The summed E-state index contributed by atoms with van der Waals surface area (Å²) in [5.74, 6) is 0.948. The van der Waals surface area contributed by atoms with E-state index in [4.69, 9.17) is 9.84 Å². The van der Waals surface area contributed by atoms with Crippen molar-refractivity contribution in [2.24, 2.45) is 0 Å². The third-order valence-corrected chi connectivity index (χ3v) is 5.34. The van der Waals surface area contributed by atoms with Crippen molar-refractivity contribution in [1.82, 2.24) is 9.97 Å². The van der Waals surface area contributed by atoms with Crippen LogP contribution in [0.25, 0.3) is 0 Å². The quantitative estimate of drug-likeness (QED) is 0.380. The van der Waals surface area contributed by atoms with E-state index in [-0.39, 0.29) is 12.1 Å². The van der Waals surface area contributed by atoms with Gasteiger partial charge in [-0.15, -0.1) is 0 Å². The van der Waals surface area contributed by atoms with E-state index in [9.17, 15) is 13.2 Å². The molecule has 9 heteroatoms. The molecule has 0 aliphatic carbocycles. The number of aromatic nitrogens is 2. The van der Waals surface area contributed by atoms with Crippen molar-refractivity contribution in [2.45, 2.75) is 77.6 Å². The Bertz CT molecular complexity index is 829. The van der Waals surface area contributed by atoms with Crippen LogP contribution in [0.2, 0.25) is 0 Å². The molecule has 1 aromatic heterocycles. The fourth-order valence-electron chi connectivity index (χ4n) is 3.37. The van der Waals surface area contributed by atoms with Crippen LogP contribution in [0.4, 0.5) is 24.8 Å². The van der Waals surface area contributed by atoms with E-state index in [1.54, 1.807) is 12.4 Å². The summed E-state index contributed by atoms with van der Waals surface area (Å²) in [6, 6.07) is 3.67. The van der Waals surface area contributed by atoms with Crippen molar-refractivity contribution in [2.75, 3.05) is 23.8 Å². The third kappa shape index (κ3) is 8.38. The Labute approximate surface area is 194 Å². The summed E-state index contributed by atoms with van der Waals surface area (Å²) >= 11 is 0. The zero-order chi connectivity index (χ0) is 24.3. The van der Waals surface area contributed by atoms with Gasteiger partial charge in [-0.3, -0.25) is 0 Å². The Balaban J connectivity index is 0.000000696. The Hall–Kier alpha value is -2.55. The molecule has 0 spiro atoms. The van der Waals surface area contributed by atoms with Gasteiger partial charge in [0.15, 0.2) is 5.75 Å². The topological polar surface area (TPSA) is 79.3 Å². The molecule has 1 aliphatic heterocycles. The van der Waals surface area contributed by atoms with Crippen LogP contribution in [0, 0.1) is 0 Å². The summed E-state index contributed by atoms with van der Waals surface area (Å²) in [7, 11) is 0. The van der Waals surface area contributed by atoms with Crippen molar-refractivity contribution < 1.29 is 23.0 Å². The number of unbranched alkanes of at least 4 members (excludes halogenated alkanes) is 2. The van der Waals surface area contributed by atoms with E-state index in [1.807, 2.05) is 6.92 Å². The molecule has 0 radical (unpaired) electrons. The van der Waals surface area contributed by atoms with Gasteiger partial charge in [-0.2, -0.15) is 13.2 Å². The molecule has 184 valence electrons. The van der Waals surface area contributed by atoms with Gasteiger partial charge in [-0.25, -0.2) is 9.97 Å². The predicted molar refractivity (Wildman–Crippen MR) is 125 cm³/mol. The first-order valence-electron chi connectivity index (χ1n) is 11.6. The van der Waals surface area contributed by atoms with E-state index < -0.39 is 11.7 Å². The molecule has 2 heterocycles. The molecule has 0 saturated carbocycles. The number of benzene rings is 1. The second kappa shape index (κ2) is 13.2. The van der Waals surface area contributed by atoms with Gasteiger partial charge in [0.05, 0.1) is 30.6 Å². The largest absolute Gasteiger partial charge is 0.490 e. The second-order valence-electron chi connectivity index (χ2n) is 8.00. The smallest absolute Gasteiger partial charge is 0.416 e. The van der Waals surface area contributed by atoms with E-state index in [0.29, 0.717) is 42.6 Å². The summed E-state index contributed by atoms with van der Waals surface area (Å²) in [6.07, 6.45) is 4.31. The van der Waals surface area contributed by atoms with Crippen molar-refractivity contribution in [3.63, 3.8) is 0 Å². The lowest BCUT2D eigenvalue weighted by Crippen LogP contribution is -2.31. The molecule has 1 aliphatic rings. The number of nitrogens with one attached hydrogen (secondary N) is 2. The van der Waals surface area contributed by atoms with Crippen LogP contribution in [0.1, 0.15) is 76.5 Å². The number of alkyl halides is 3. The normalized spacial score (nSPS) is 17.3. The van der Waals surface area contributed by atoms with Crippen molar-refractivity contribution >= 4 is 11.6 Å². The SMILES string of the molecule is CCCCO.CCCCOc1cnc(NC2CC(CC)Nc3ccc(C(F)(F)F)cc32)nc1. The summed E-state index contributed by atoms with van der Waals surface area (Å²) in [4.78, 5) is 8.51. The zero-order valence-corrected chi connectivity index (χ0v) is 19.6. The van der Waals surface area contributed by atoms with Crippen LogP contribution < -0.4 is 15.4 Å². The number of ether oxygens (including phenoxy) is 1. The van der Waals surface area contributed by atoms with Crippen molar-refractivity contribution in [3.05, 3.63) is 41.7 Å². The molecule has 0 fully saturated rings. The predicted octanol–water partition coefficient (Wildman–Crippen LogP) is 6.20. The highest BCUT2D eigenvalue weighted by Crippen LogP contribution is 2.39. The van der Waals surface area contributed by atoms with Crippen LogP contribution >= 0.6 is 0 Å². The fraction of sp³-hybridized carbons (Fsp3) is 0.583. The molecule has 6 nitrogen and oxygen atoms in total. The van der Waals surface area contributed by atoms with Crippen LogP contribution in [0.15, 0.2) is 30.6 Å². The van der Waals surface area contributed by atoms with Gasteiger partial charge in [-0.1, -0.05) is 33.6 Å². The molecular formula is C24H35F3N4O2. The van der Waals surface area contributed by atoms with Gasteiger partial charge >= 0.3 is 6.18 Å². The number of fused-ring (bicyclic) bond motifs is 1. The molecule has 0 amide bonds. The summed E-state index contributed by atoms with van der Waals surface area (Å²) in [6.45, 7) is 7.12. The second-order valence-corrected chi connectivity index (χ2v) is 8.00. The lowest BCUT2D eigenvalue weighted by molar-refractivity contribution is -0.137. The van der Waals surface area contributed by atoms with Crippen LogP contribution in [0.3, 0.4) is 0 Å². The number of hydrogen-bond acceptors (Lipinski definition) is 6. The minimum atomic E-state index is -4.38. The molecule has 2 atom stereocenters. The number of aliphatic hydroxyl groups is 1. The number of halogens is 3. The molecule has 33 heavy (non-hydrogen) atoms. The lowest BCUT2D eigenvalue weighted by Gasteiger charge is -2.33. The molecule has 2 unspecified atom stereocenters. The Morgan fingerprint density at radius 2 is 1.82 bits per heavy atom. The van der Waals surface area contributed by atoms with E-state index in [1.165, 1.54) is 12.1 Å². The Kier molecular flexibility index (Phi) is 10.7. The minimum Gasteiger partial charge on any atom is -0.490 e. The summed E-state index contributed by atoms with van der Waals surface area (Å²) in [5.41, 5.74) is 0.630. The van der Waals surface area contributed by atoms with Gasteiger partial charge in [0.25, 0.3) is 0 Å². The van der Waals surface area contributed by atoms with E-state index >= 15 is 0 Å². The Morgan fingerprint density at radius 1 is 1.12 bits per heavy atom. The zero-order valence-electron chi connectivity index (χ0n) is 19.6. The first-order valence-corrected chi connectivity index (χ1v) is 11.6. The number of hydrogen-bond donors (Lipinski definition) is 3. The summed E-state index contributed by atoms with van der Waals surface area (Å²) in [5, 5.41) is 14.6. The van der Waals surface area contributed by atoms with E-state index in [0.717, 1.165) is 38.2 Å². The highest BCUT2D eigenvalue weighted by atomic mass is 19.4. The monoisotopic (exact) mass is 468 g/mol. The molecule has 0 bridgehead atoms. The molecule has 3 rings (SSSR count). The number of anilines is 2. The molecule has 0 saturated heterocycles. The Morgan fingerprint density at radius 3 is 2.36 bits per heavy atom. The minimum absolute atomic E-state index is 0.165. The summed E-state index contributed by atoms with van der Waals surface area (Å²) < 4.78 is 45.0. The molecule has 3 N–H and O–H groups in total. The average molecular weight is 469 g/mol. The van der Waals surface area contributed by atoms with Crippen molar-refractivity contribution in [3.8, 4) is 5.75 Å². The van der Waals surface area contributed by atoms with Gasteiger partial charge in [0, 0.05) is 18.3 Å². The highest BCUT2D eigenvalue weighted by Gasteiger charge is 2.34. The van der Waals surface area contributed by atoms with Gasteiger partial charge < -0.3 is 20.5 Å². The highest BCUT2D eigenvalue weighted by molar-refractivity contribution is 5.59. The van der Waals surface area contributed by atoms with Gasteiger partial charge in [0.2, 0.25) is 5.95 Å². The van der Waals surface area contributed by atoms with Crippen LogP contribution in [-0.2, 0) is 6.18 Å². The standard InChI is InChI=1S/C20H25F3N4O.C4H10O/c1-3-5-8-28-15-11-24-19(25-12-15)27-18-10-14(4-2)26-17-7-6-13(9-16(17)18)20(21,22)23;1-2-3-4-5/h6-7,9,11-12,14,18,26H,3-5,8,10H2,1-2H3,(H,24,25,27);5H,2-4H2,1H3. The van der Waals surface area contributed by atoms with E-state index in [2.05, 4.69) is 34.4 Å². The van der Waals surface area contributed by atoms with Crippen molar-refractivity contribution in [1.29, 1.82) is 0 Å². The molecule has 1 aromatic carbocycles. The van der Waals surface area contributed by atoms with Crippen LogP contribution in [-0.4, -0.2) is 34.3 Å². The number of aliphatic hydroxyl groups excluding tert-OH is 1. The fourth-order valence-corrected chi connectivity index (χ4v) is 3.37. The maximum atomic E-state index is 13.1. The first kappa shape index (κ1) is 26.7. The number of rotatable bonds is 9. The number of nitrogens with zero attached hydrogens (tertiary/aromatic N) is 2. The maximum Gasteiger partial charge on any atom is 0.416 e. The lowest BCUT2D eigenvalue weighted by atomic mass is 9.90.